The molecular weight excluding hydrogens is 326 g/mol. The number of hydrogen-bond acceptors (Lipinski definition) is 3. The van der Waals surface area contributed by atoms with Crippen molar-refractivity contribution in [2.24, 2.45) is 11.8 Å². The number of fused-ring (bicyclic) bond motifs is 1. The Labute approximate surface area is 149 Å². The lowest BCUT2D eigenvalue weighted by molar-refractivity contribution is -0.149. The van der Waals surface area contributed by atoms with E-state index in [0.29, 0.717) is 18.6 Å². The SMILES string of the molecule is CCCCC=C1C[C@@H]2[C@@H](C#CC(O)CCCCC)[C@H](O)C(F)(F)[C@@H]2O1. The van der Waals surface area contributed by atoms with Crippen LogP contribution in [0, 0.1) is 23.7 Å². The number of hydrogen-bond donors (Lipinski definition) is 2. The first-order valence-corrected chi connectivity index (χ1v) is 9.52. The maximum absolute atomic E-state index is 14.3. The average Bonchev–Trinajstić information content (AvgIpc) is 3.06. The van der Waals surface area contributed by atoms with Gasteiger partial charge in [-0.2, -0.15) is 8.78 Å². The Kier molecular flexibility index (Phi) is 7.27. The maximum atomic E-state index is 14.3. The summed E-state index contributed by atoms with van der Waals surface area (Å²) < 4.78 is 34.1. The molecule has 0 aromatic rings. The standard InChI is InChI=1S/C20H30F2O3/c1-3-5-7-9-14(23)11-12-16-17-13-15(10-8-6-4-2)25-19(17)20(21,22)18(16)24/h10,14,16-19,23-24H,3-9,13H2,1-2H3/t14?,16-,17-,18+,19-/m1/s1. The number of aliphatic hydroxyl groups excluding tert-OH is 2. The lowest BCUT2D eigenvalue weighted by Gasteiger charge is -2.21. The van der Waals surface area contributed by atoms with E-state index in [2.05, 4.69) is 25.7 Å². The molecule has 1 aliphatic heterocycles. The number of alkyl halides is 2. The Morgan fingerprint density at radius 1 is 1.28 bits per heavy atom. The highest BCUT2D eigenvalue weighted by Gasteiger charge is 2.66. The van der Waals surface area contributed by atoms with Crippen molar-refractivity contribution in [1.82, 2.24) is 0 Å². The average molecular weight is 356 g/mol. The van der Waals surface area contributed by atoms with E-state index in [9.17, 15) is 19.0 Å². The van der Waals surface area contributed by atoms with Crippen LogP contribution < -0.4 is 0 Å². The Bertz CT molecular complexity index is 521. The zero-order valence-electron chi connectivity index (χ0n) is 15.2. The van der Waals surface area contributed by atoms with Gasteiger partial charge in [0, 0.05) is 12.3 Å². The van der Waals surface area contributed by atoms with Gasteiger partial charge in [0.2, 0.25) is 0 Å². The first kappa shape index (κ1) is 20.2. The monoisotopic (exact) mass is 356 g/mol. The second-order valence-electron chi connectivity index (χ2n) is 7.16. The van der Waals surface area contributed by atoms with Crippen LogP contribution in [-0.4, -0.2) is 34.4 Å². The molecule has 5 atom stereocenters. The van der Waals surface area contributed by atoms with E-state index in [-0.39, 0.29) is 0 Å². The molecule has 2 rings (SSSR count). The molecule has 5 heteroatoms. The molecule has 1 aliphatic carbocycles. The van der Waals surface area contributed by atoms with Crippen LogP contribution in [0.15, 0.2) is 11.8 Å². The van der Waals surface area contributed by atoms with Gasteiger partial charge in [0.05, 0.1) is 11.7 Å². The van der Waals surface area contributed by atoms with Crippen LogP contribution in [0.5, 0.6) is 0 Å². The zero-order chi connectivity index (χ0) is 18.4. The van der Waals surface area contributed by atoms with Gasteiger partial charge >= 0.3 is 5.92 Å². The fourth-order valence-corrected chi connectivity index (χ4v) is 3.60. The molecule has 0 bridgehead atoms. The normalized spacial score (nSPS) is 32.8. The molecule has 0 amide bonds. The minimum Gasteiger partial charge on any atom is -0.488 e. The minimum atomic E-state index is -3.31. The van der Waals surface area contributed by atoms with Gasteiger partial charge in [-0.3, -0.25) is 0 Å². The van der Waals surface area contributed by atoms with E-state index in [0.717, 1.165) is 38.5 Å². The van der Waals surface area contributed by atoms with Crippen molar-refractivity contribution in [3.63, 3.8) is 0 Å². The summed E-state index contributed by atoms with van der Waals surface area (Å²) in [5.41, 5.74) is 0. The fraction of sp³-hybridized carbons (Fsp3) is 0.800. The summed E-state index contributed by atoms with van der Waals surface area (Å²) in [5.74, 6) is 1.30. The van der Waals surface area contributed by atoms with Crippen LogP contribution in [0.2, 0.25) is 0 Å². The van der Waals surface area contributed by atoms with Crippen LogP contribution >= 0.6 is 0 Å². The lowest BCUT2D eigenvalue weighted by Crippen LogP contribution is -2.39. The predicted octanol–water partition coefficient (Wildman–Crippen LogP) is 4.04. The third kappa shape index (κ3) is 4.74. The molecule has 0 radical (unpaired) electrons. The highest BCUT2D eigenvalue weighted by Crippen LogP contribution is 2.52. The van der Waals surface area contributed by atoms with Gasteiger partial charge in [0.15, 0.2) is 6.10 Å². The van der Waals surface area contributed by atoms with Gasteiger partial charge in [-0.1, -0.05) is 45.0 Å². The Balaban J connectivity index is 2.04. The summed E-state index contributed by atoms with van der Waals surface area (Å²) in [5, 5.41) is 19.9. The van der Waals surface area contributed by atoms with Gasteiger partial charge in [-0.15, -0.1) is 0 Å². The van der Waals surface area contributed by atoms with E-state index >= 15 is 0 Å². The second-order valence-corrected chi connectivity index (χ2v) is 7.16. The summed E-state index contributed by atoms with van der Waals surface area (Å²) in [7, 11) is 0. The third-order valence-electron chi connectivity index (χ3n) is 5.11. The molecule has 0 spiro atoms. The number of ether oxygens (including phenoxy) is 1. The molecule has 0 aromatic heterocycles. The van der Waals surface area contributed by atoms with E-state index in [1.807, 2.05) is 6.08 Å². The number of rotatable bonds is 7. The Morgan fingerprint density at radius 3 is 2.68 bits per heavy atom. The lowest BCUT2D eigenvalue weighted by atomic mass is 9.91. The van der Waals surface area contributed by atoms with E-state index in [1.54, 1.807) is 0 Å². The first-order valence-electron chi connectivity index (χ1n) is 9.52. The van der Waals surface area contributed by atoms with E-state index < -0.39 is 36.1 Å². The van der Waals surface area contributed by atoms with Crippen molar-refractivity contribution in [3.8, 4) is 11.8 Å². The number of halogens is 2. The van der Waals surface area contributed by atoms with Crippen LogP contribution in [0.25, 0.3) is 0 Å². The predicted molar refractivity (Wildman–Crippen MR) is 93.0 cm³/mol. The molecule has 25 heavy (non-hydrogen) atoms. The zero-order valence-corrected chi connectivity index (χ0v) is 15.2. The van der Waals surface area contributed by atoms with Crippen molar-refractivity contribution < 1.29 is 23.7 Å². The van der Waals surface area contributed by atoms with E-state index in [1.165, 1.54) is 0 Å². The van der Waals surface area contributed by atoms with Gasteiger partial charge in [-0.25, -0.2) is 0 Å². The summed E-state index contributed by atoms with van der Waals surface area (Å²) in [6.45, 7) is 4.14. The highest BCUT2D eigenvalue weighted by atomic mass is 19.3. The largest absolute Gasteiger partial charge is 0.488 e. The maximum Gasteiger partial charge on any atom is 0.310 e. The van der Waals surface area contributed by atoms with Gasteiger partial charge in [-0.05, 0) is 31.8 Å². The number of allylic oxidation sites excluding steroid dienone is 2. The molecule has 142 valence electrons. The Hall–Kier alpha value is -1.12. The summed E-state index contributed by atoms with van der Waals surface area (Å²) in [6.07, 6.45) is 4.57. The summed E-state index contributed by atoms with van der Waals surface area (Å²) in [6, 6.07) is 0. The highest BCUT2D eigenvalue weighted by molar-refractivity contribution is 5.23. The quantitative estimate of drug-likeness (QED) is 0.535. The van der Waals surface area contributed by atoms with Crippen LogP contribution in [0.4, 0.5) is 8.78 Å². The van der Waals surface area contributed by atoms with Gasteiger partial charge in [0.25, 0.3) is 0 Å². The van der Waals surface area contributed by atoms with Crippen LogP contribution in [0.1, 0.15) is 65.2 Å². The molecule has 0 aromatic carbocycles. The van der Waals surface area contributed by atoms with Crippen LogP contribution in [-0.2, 0) is 4.74 Å². The molecule has 3 nitrogen and oxygen atoms in total. The molecule has 1 heterocycles. The van der Waals surface area contributed by atoms with E-state index in [4.69, 9.17) is 4.74 Å². The van der Waals surface area contributed by atoms with Gasteiger partial charge < -0.3 is 14.9 Å². The van der Waals surface area contributed by atoms with Crippen molar-refractivity contribution in [2.75, 3.05) is 0 Å². The minimum absolute atomic E-state index is 0.381. The fourth-order valence-electron chi connectivity index (χ4n) is 3.60. The van der Waals surface area contributed by atoms with Crippen molar-refractivity contribution in [2.45, 2.75) is 89.4 Å². The molecule has 1 unspecified atom stereocenters. The van der Waals surface area contributed by atoms with Gasteiger partial charge in [0.1, 0.15) is 12.2 Å². The molecule has 2 aliphatic rings. The Morgan fingerprint density at radius 2 is 2.00 bits per heavy atom. The topological polar surface area (TPSA) is 49.7 Å². The first-order chi connectivity index (χ1) is 11.9. The summed E-state index contributed by atoms with van der Waals surface area (Å²) >= 11 is 0. The van der Waals surface area contributed by atoms with Crippen molar-refractivity contribution in [3.05, 3.63) is 11.8 Å². The molecule has 1 saturated heterocycles. The molecule has 1 saturated carbocycles. The second kappa shape index (κ2) is 9.00. The number of unbranched alkanes of at least 4 members (excludes halogenated alkanes) is 4. The molecule has 2 N–H and O–H groups in total. The number of aliphatic hydroxyl groups is 2. The molecule has 2 fully saturated rings. The smallest absolute Gasteiger partial charge is 0.310 e. The van der Waals surface area contributed by atoms with Crippen LogP contribution in [0.3, 0.4) is 0 Å². The van der Waals surface area contributed by atoms with Crippen molar-refractivity contribution >= 4 is 0 Å². The molecular formula is C20H30F2O3. The van der Waals surface area contributed by atoms with Crippen molar-refractivity contribution in [1.29, 1.82) is 0 Å². The third-order valence-corrected chi connectivity index (χ3v) is 5.11. The summed E-state index contributed by atoms with van der Waals surface area (Å²) in [4.78, 5) is 0.